The van der Waals surface area contributed by atoms with Gasteiger partial charge >= 0.3 is 0 Å². The molecule has 0 radical (unpaired) electrons. The second kappa shape index (κ2) is 7.05. The molecule has 3 N–H and O–H groups in total. The highest BCUT2D eigenvalue weighted by atomic mass is 16.2. The topological polar surface area (TPSA) is 70.2 Å². The molecule has 0 spiro atoms. The van der Waals surface area contributed by atoms with E-state index in [9.17, 15) is 9.59 Å². The number of hydrogen-bond donors (Lipinski definition) is 3. The minimum absolute atomic E-state index is 0.0372. The average Bonchev–Trinajstić information content (AvgIpc) is 2.46. The van der Waals surface area contributed by atoms with Crippen molar-refractivity contribution in [3.8, 4) is 0 Å². The molecular formula is C15H21N3O2. The number of rotatable bonds is 4. The van der Waals surface area contributed by atoms with Crippen LogP contribution in [0.5, 0.6) is 0 Å². The quantitative estimate of drug-likeness (QED) is 0.761. The molecule has 108 valence electrons. The summed E-state index contributed by atoms with van der Waals surface area (Å²) >= 11 is 0. The van der Waals surface area contributed by atoms with Gasteiger partial charge in [0.15, 0.2) is 0 Å². The maximum absolute atomic E-state index is 12.1. The normalized spacial score (nSPS) is 18.4. The van der Waals surface area contributed by atoms with Crippen molar-refractivity contribution in [3.05, 3.63) is 35.4 Å². The minimum atomic E-state index is -0.0587. The van der Waals surface area contributed by atoms with Crippen LogP contribution >= 0.6 is 0 Å². The second-order valence-electron chi connectivity index (χ2n) is 5.12. The van der Waals surface area contributed by atoms with Crippen LogP contribution in [0.2, 0.25) is 0 Å². The molecule has 20 heavy (non-hydrogen) atoms. The van der Waals surface area contributed by atoms with Gasteiger partial charge in [-0.05, 0) is 37.1 Å². The van der Waals surface area contributed by atoms with Crippen molar-refractivity contribution in [1.82, 2.24) is 16.0 Å². The van der Waals surface area contributed by atoms with E-state index in [-0.39, 0.29) is 17.9 Å². The standard InChI is InChI=1S/C15H21N3O2/c1-11(19)17-9-12-4-6-13(7-5-12)15(20)18-14-3-2-8-16-10-14/h4-7,14,16H,2-3,8-10H2,1H3,(H,17,19)(H,18,20). The van der Waals surface area contributed by atoms with Crippen LogP contribution in [0.25, 0.3) is 0 Å². The molecule has 1 saturated heterocycles. The van der Waals surface area contributed by atoms with Gasteiger partial charge in [-0.2, -0.15) is 0 Å². The van der Waals surface area contributed by atoms with Crippen LogP contribution in [0.3, 0.4) is 0 Å². The summed E-state index contributed by atoms with van der Waals surface area (Å²) in [5, 5.41) is 9.04. The molecule has 1 atom stereocenters. The van der Waals surface area contributed by atoms with Crippen LogP contribution in [0.15, 0.2) is 24.3 Å². The number of amides is 2. The molecule has 1 unspecified atom stereocenters. The number of hydrogen-bond acceptors (Lipinski definition) is 3. The first-order valence-corrected chi connectivity index (χ1v) is 7.00. The average molecular weight is 275 g/mol. The molecule has 0 bridgehead atoms. The zero-order chi connectivity index (χ0) is 14.4. The van der Waals surface area contributed by atoms with Crippen LogP contribution in [-0.4, -0.2) is 30.9 Å². The van der Waals surface area contributed by atoms with Crippen LogP contribution in [-0.2, 0) is 11.3 Å². The van der Waals surface area contributed by atoms with Crippen LogP contribution in [0, 0.1) is 0 Å². The molecule has 5 nitrogen and oxygen atoms in total. The predicted molar refractivity (Wildman–Crippen MR) is 77.3 cm³/mol. The molecule has 2 amide bonds. The third-order valence-electron chi connectivity index (χ3n) is 3.39. The summed E-state index contributed by atoms with van der Waals surface area (Å²) in [7, 11) is 0. The van der Waals surface area contributed by atoms with Gasteiger partial charge in [0.2, 0.25) is 5.91 Å². The Kier molecular flexibility index (Phi) is 5.12. The molecule has 0 aliphatic carbocycles. The minimum Gasteiger partial charge on any atom is -0.352 e. The first kappa shape index (κ1) is 14.5. The van der Waals surface area contributed by atoms with Crippen molar-refractivity contribution in [2.45, 2.75) is 32.4 Å². The van der Waals surface area contributed by atoms with Gasteiger partial charge < -0.3 is 16.0 Å². The van der Waals surface area contributed by atoms with E-state index in [1.807, 2.05) is 12.1 Å². The van der Waals surface area contributed by atoms with Gasteiger partial charge in [0.05, 0.1) is 0 Å². The van der Waals surface area contributed by atoms with Crippen LogP contribution in [0.1, 0.15) is 35.7 Å². The van der Waals surface area contributed by atoms with E-state index in [0.717, 1.165) is 31.5 Å². The van der Waals surface area contributed by atoms with Gasteiger partial charge in [-0.15, -0.1) is 0 Å². The largest absolute Gasteiger partial charge is 0.352 e. The van der Waals surface area contributed by atoms with Gasteiger partial charge in [-0.1, -0.05) is 12.1 Å². The third kappa shape index (κ3) is 4.35. The Hall–Kier alpha value is -1.88. The van der Waals surface area contributed by atoms with Crippen molar-refractivity contribution >= 4 is 11.8 Å². The van der Waals surface area contributed by atoms with Crippen LogP contribution < -0.4 is 16.0 Å². The summed E-state index contributed by atoms with van der Waals surface area (Å²) in [5.41, 5.74) is 1.64. The van der Waals surface area contributed by atoms with E-state index < -0.39 is 0 Å². The summed E-state index contributed by atoms with van der Waals surface area (Å²) in [4.78, 5) is 22.9. The van der Waals surface area contributed by atoms with Gasteiger partial charge in [-0.25, -0.2) is 0 Å². The first-order valence-electron chi connectivity index (χ1n) is 7.00. The van der Waals surface area contributed by atoms with E-state index in [2.05, 4.69) is 16.0 Å². The van der Waals surface area contributed by atoms with Crippen molar-refractivity contribution in [2.24, 2.45) is 0 Å². The summed E-state index contributed by atoms with van der Waals surface area (Å²) < 4.78 is 0. The SMILES string of the molecule is CC(=O)NCc1ccc(C(=O)NC2CCCNC2)cc1. The van der Waals surface area contributed by atoms with Gasteiger partial charge in [-0.3, -0.25) is 9.59 Å². The highest BCUT2D eigenvalue weighted by Gasteiger charge is 2.16. The van der Waals surface area contributed by atoms with E-state index in [1.165, 1.54) is 6.92 Å². The lowest BCUT2D eigenvalue weighted by Gasteiger charge is -2.23. The Morgan fingerprint density at radius 2 is 2.05 bits per heavy atom. The summed E-state index contributed by atoms with van der Waals surface area (Å²) in [6, 6.07) is 7.54. The Balaban J connectivity index is 1.88. The predicted octanol–water partition coefficient (Wildman–Crippen LogP) is 0.804. The molecule has 2 rings (SSSR count). The molecule has 1 aromatic rings. The molecule has 5 heteroatoms. The Labute approximate surface area is 119 Å². The highest BCUT2D eigenvalue weighted by Crippen LogP contribution is 2.07. The second-order valence-corrected chi connectivity index (χ2v) is 5.12. The first-order chi connectivity index (χ1) is 9.65. The monoisotopic (exact) mass is 275 g/mol. The van der Waals surface area contributed by atoms with Crippen molar-refractivity contribution in [1.29, 1.82) is 0 Å². The molecule has 1 aliphatic rings. The number of piperidine rings is 1. The van der Waals surface area contributed by atoms with E-state index in [1.54, 1.807) is 12.1 Å². The molecule has 1 heterocycles. The number of carbonyl (C=O) groups is 2. The lowest BCUT2D eigenvalue weighted by atomic mass is 10.1. The summed E-state index contributed by atoms with van der Waals surface area (Å²) in [5.74, 6) is -0.0959. The third-order valence-corrected chi connectivity index (χ3v) is 3.39. The molecule has 1 aromatic carbocycles. The van der Waals surface area contributed by atoms with Crippen molar-refractivity contribution in [3.63, 3.8) is 0 Å². The maximum Gasteiger partial charge on any atom is 0.251 e. The molecule has 1 fully saturated rings. The zero-order valence-electron chi connectivity index (χ0n) is 11.7. The highest BCUT2D eigenvalue weighted by molar-refractivity contribution is 5.94. The molecule has 0 aromatic heterocycles. The Morgan fingerprint density at radius 3 is 2.65 bits per heavy atom. The fraction of sp³-hybridized carbons (Fsp3) is 0.467. The van der Waals surface area contributed by atoms with Gasteiger partial charge in [0, 0.05) is 31.6 Å². The van der Waals surface area contributed by atoms with Crippen molar-refractivity contribution < 1.29 is 9.59 Å². The van der Waals surface area contributed by atoms with Gasteiger partial charge in [0.1, 0.15) is 0 Å². The van der Waals surface area contributed by atoms with Crippen LogP contribution in [0.4, 0.5) is 0 Å². The van der Waals surface area contributed by atoms with Gasteiger partial charge in [0.25, 0.3) is 5.91 Å². The molecular weight excluding hydrogens is 254 g/mol. The number of nitrogens with one attached hydrogen (secondary N) is 3. The fourth-order valence-corrected chi connectivity index (χ4v) is 2.24. The van der Waals surface area contributed by atoms with Crippen molar-refractivity contribution in [2.75, 3.05) is 13.1 Å². The lowest BCUT2D eigenvalue weighted by molar-refractivity contribution is -0.119. The molecule has 0 saturated carbocycles. The smallest absolute Gasteiger partial charge is 0.251 e. The fourth-order valence-electron chi connectivity index (χ4n) is 2.24. The number of benzene rings is 1. The maximum atomic E-state index is 12.1. The Morgan fingerprint density at radius 1 is 1.30 bits per heavy atom. The summed E-state index contributed by atoms with van der Waals surface area (Å²) in [6.45, 7) is 3.85. The zero-order valence-corrected chi connectivity index (χ0v) is 11.7. The summed E-state index contributed by atoms with van der Waals surface area (Å²) in [6.07, 6.45) is 2.12. The van der Waals surface area contributed by atoms with E-state index >= 15 is 0 Å². The molecule has 1 aliphatic heterocycles. The Bertz CT molecular complexity index is 465. The van der Waals surface area contributed by atoms with E-state index in [0.29, 0.717) is 12.1 Å². The van der Waals surface area contributed by atoms with E-state index in [4.69, 9.17) is 0 Å². The number of carbonyl (C=O) groups excluding carboxylic acids is 2. The lowest BCUT2D eigenvalue weighted by Crippen LogP contribution is -2.45.